The van der Waals surface area contributed by atoms with E-state index >= 15 is 0 Å². The lowest BCUT2D eigenvalue weighted by atomic mass is 10.1. The Morgan fingerprint density at radius 3 is 3.00 bits per heavy atom. The smallest absolute Gasteiger partial charge is 0.259 e. The number of aromatic amines is 2. The molecule has 0 bridgehead atoms. The minimum absolute atomic E-state index is 0.0790. The molecule has 0 aliphatic heterocycles. The van der Waals surface area contributed by atoms with Gasteiger partial charge in [-0.25, -0.2) is 0 Å². The summed E-state index contributed by atoms with van der Waals surface area (Å²) in [7, 11) is 0. The van der Waals surface area contributed by atoms with Gasteiger partial charge >= 0.3 is 0 Å². The van der Waals surface area contributed by atoms with Crippen LogP contribution in [0.4, 0.5) is 0 Å². The Labute approximate surface area is 122 Å². The van der Waals surface area contributed by atoms with Crippen LogP contribution < -0.4 is 5.56 Å². The van der Waals surface area contributed by atoms with Gasteiger partial charge in [0.05, 0.1) is 5.56 Å². The molecule has 0 aromatic carbocycles. The maximum absolute atomic E-state index is 12.3. The lowest BCUT2D eigenvalue weighted by molar-refractivity contribution is 0.521. The Kier molecular flexibility index (Phi) is 3.33. The van der Waals surface area contributed by atoms with Crippen LogP contribution in [0.15, 0.2) is 10.9 Å². The van der Waals surface area contributed by atoms with Crippen LogP contribution >= 0.6 is 12.2 Å². The van der Waals surface area contributed by atoms with Crippen LogP contribution in [0.1, 0.15) is 31.5 Å². The van der Waals surface area contributed by atoms with Crippen LogP contribution in [-0.2, 0) is 19.4 Å². The molecule has 20 heavy (non-hydrogen) atoms. The SMILES string of the molecule is CC(C)Cn1c(-c2cc3c([nH]c2=O)CCC3)n[nH]c1=S. The monoisotopic (exact) mass is 290 g/mol. The van der Waals surface area contributed by atoms with E-state index in [1.807, 2.05) is 10.6 Å². The second-order valence-electron chi connectivity index (χ2n) is 5.73. The van der Waals surface area contributed by atoms with E-state index in [4.69, 9.17) is 12.2 Å². The molecule has 0 spiro atoms. The van der Waals surface area contributed by atoms with E-state index in [0.29, 0.717) is 22.1 Å². The highest BCUT2D eigenvalue weighted by Crippen LogP contribution is 2.23. The molecule has 1 aliphatic rings. The Hall–Kier alpha value is -1.69. The number of H-pyrrole nitrogens is 2. The molecule has 2 aromatic rings. The molecular weight excluding hydrogens is 272 g/mol. The maximum atomic E-state index is 12.3. The van der Waals surface area contributed by atoms with Crippen molar-refractivity contribution < 1.29 is 0 Å². The second-order valence-corrected chi connectivity index (χ2v) is 6.11. The summed E-state index contributed by atoms with van der Waals surface area (Å²) < 4.78 is 2.47. The molecule has 5 nitrogen and oxygen atoms in total. The number of fused-ring (bicyclic) bond motifs is 1. The zero-order valence-corrected chi connectivity index (χ0v) is 12.5. The Morgan fingerprint density at radius 2 is 2.25 bits per heavy atom. The molecule has 2 aromatic heterocycles. The predicted molar refractivity (Wildman–Crippen MR) is 80.3 cm³/mol. The van der Waals surface area contributed by atoms with Gasteiger partial charge < -0.3 is 4.98 Å². The van der Waals surface area contributed by atoms with Gasteiger partial charge in [-0.05, 0) is 49.0 Å². The Morgan fingerprint density at radius 1 is 1.45 bits per heavy atom. The summed E-state index contributed by atoms with van der Waals surface area (Å²) >= 11 is 5.27. The molecule has 0 saturated carbocycles. The van der Waals surface area contributed by atoms with Crippen LogP contribution in [-0.4, -0.2) is 19.7 Å². The van der Waals surface area contributed by atoms with E-state index in [2.05, 4.69) is 29.0 Å². The quantitative estimate of drug-likeness (QED) is 0.853. The van der Waals surface area contributed by atoms with Crippen molar-refractivity contribution in [2.45, 2.75) is 39.7 Å². The van der Waals surface area contributed by atoms with Crippen LogP contribution in [0.2, 0.25) is 0 Å². The number of aryl methyl sites for hydroxylation is 2. The first-order chi connectivity index (χ1) is 9.56. The molecule has 106 valence electrons. The standard InChI is InChI=1S/C14H18N4OS/c1-8(2)7-18-12(16-17-14(18)20)10-6-9-4-3-5-11(9)15-13(10)19/h6,8H,3-5,7H2,1-2H3,(H,15,19)(H,17,20). The molecule has 0 saturated heterocycles. The fourth-order valence-corrected chi connectivity index (χ4v) is 2.94. The minimum atomic E-state index is -0.0790. The molecule has 0 unspecified atom stereocenters. The lowest BCUT2D eigenvalue weighted by Gasteiger charge is -2.09. The summed E-state index contributed by atoms with van der Waals surface area (Å²) in [4.78, 5) is 15.3. The van der Waals surface area contributed by atoms with Crippen molar-refractivity contribution in [2.75, 3.05) is 0 Å². The van der Waals surface area contributed by atoms with Gasteiger partial charge in [0.25, 0.3) is 5.56 Å². The van der Waals surface area contributed by atoms with Gasteiger partial charge in [-0.2, -0.15) is 5.10 Å². The third kappa shape index (κ3) is 2.24. The minimum Gasteiger partial charge on any atom is -0.325 e. The number of pyridine rings is 1. The van der Waals surface area contributed by atoms with Crippen molar-refractivity contribution in [3.05, 3.63) is 32.4 Å². The Bertz CT molecular complexity index is 753. The Balaban J connectivity index is 2.15. The zero-order valence-electron chi connectivity index (χ0n) is 11.7. The molecule has 3 rings (SSSR count). The molecule has 2 N–H and O–H groups in total. The lowest BCUT2D eigenvalue weighted by Crippen LogP contribution is -2.15. The average molecular weight is 290 g/mol. The normalized spacial score (nSPS) is 13.9. The predicted octanol–water partition coefficient (Wildman–Crippen LogP) is 2.44. The molecule has 1 aliphatic carbocycles. The van der Waals surface area contributed by atoms with Gasteiger partial charge in [-0.1, -0.05) is 13.8 Å². The third-order valence-corrected chi connectivity index (χ3v) is 3.95. The number of hydrogen-bond acceptors (Lipinski definition) is 3. The topological polar surface area (TPSA) is 66.5 Å². The van der Waals surface area contributed by atoms with E-state index in [-0.39, 0.29) is 5.56 Å². The first kappa shape index (κ1) is 13.3. The number of aromatic nitrogens is 4. The fourth-order valence-electron chi connectivity index (χ4n) is 2.74. The van der Waals surface area contributed by atoms with Crippen molar-refractivity contribution >= 4 is 12.2 Å². The number of nitrogens with zero attached hydrogens (tertiary/aromatic N) is 2. The number of nitrogens with one attached hydrogen (secondary N) is 2. The van der Waals surface area contributed by atoms with E-state index < -0.39 is 0 Å². The van der Waals surface area contributed by atoms with Gasteiger partial charge in [-0.3, -0.25) is 14.5 Å². The summed E-state index contributed by atoms with van der Waals surface area (Å²) in [5, 5.41) is 7.05. The van der Waals surface area contributed by atoms with Gasteiger partial charge in [0.1, 0.15) is 0 Å². The van der Waals surface area contributed by atoms with Crippen LogP contribution in [0.5, 0.6) is 0 Å². The first-order valence-corrected chi connectivity index (χ1v) is 7.37. The van der Waals surface area contributed by atoms with E-state index in [1.165, 1.54) is 5.56 Å². The first-order valence-electron chi connectivity index (χ1n) is 6.97. The van der Waals surface area contributed by atoms with Crippen molar-refractivity contribution in [2.24, 2.45) is 5.92 Å². The van der Waals surface area contributed by atoms with Crippen molar-refractivity contribution in [3.8, 4) is 11.4 Å². The van der Waals surface area contributed by atoms with Crippen molar-refractivity contribution in [1.82, 2.24) is 19.7 Å². The van der Waals surface area contributed by atoms with E-state index in [0.717, 1.165) is 31.5 Å². The highest BCUT2D eigenvalue weighted by atomic mass is 32.1. The number of rotatable bonds is 3. The van der Waals surface area contributed by atoms with Gasteiger partial charge in [0.2, 0.25) is 0 Å². The van der Waals surface area contributed by atoms with E-state index in [9.17, 15) is 4.79 Å². The van der Waals surface area contributed by atoms with E-state index in [1.54, 1.807) is 0 Å². The summed E-state index contributed by atoms with van der Waals surface area (Å²) in [5.41, 5.74) is 2.83. The maximum Gasteiger partial charge on any atom is 0.259 e. The molecular formula is C14H18N4OS. The molecule has 0 fully saturated rings. The van der Waals surface area contributed by atoms with Crippen LogP contribution in [0.25, 0.3) is 11.4 Å². The summed E-state index contributed by atoms with van der Waals surface area (Å²) in [5.74, 6) is 1.08. The second kappa shape index (κ2) is 5.01. The molecule has 6 heteroatoms. The molecule has 0 atom stereocenters. The van der Waals surface area contributed by atoms with Crippen molar-refractivity contribution in [3.63, 3.8) is 0 Å². The van der Waals surface area contributed by atoms with Crippen LogP contribution in [0, 0.1) is 10.7 Å². The average Bonchev–Trinajstić information content (AvgIpc) is 2.96. The summed E-state index contributed by atoms with van der Waals surface area (Å²) in [6, 6.07) is 1.98. The third-order valence-electron chi connectivity index (χ3n) is 3.64. The van der Waals surface area contributed by atoms with Crippen molar-refractivity contribution in [1.29, 1.82) is 0 Å². The van der Waals surface area contributed by atoms with Crippen LogP contribution in [0.3, 0.4) is 0 Å². The number of hydrogen-bond donors (Lipinski definition) is 2. The van der Waals surface area contributed by atoms with Gasteiger partial charge in [0.15, 0.2) is 10.6 Å². The molecule has 2 heterocycles. The zero-order chi connectivity index (χ0) is 14.3. The largest absolute Gasteiger partial charge is 0.325 e. The summed E-state index contributed by atoms with van der Waals surface area (Å²) in [6.07, 6.45) is 3.09. The fraction of sp³-hybridized carbons (Fsp3) is 0.500. The highest BCUT2D eigenvalue weighted by molar-refractivity contribution is 7.71. The molecule has 0 radical (unpaired) electrons. The summed E-state index contributed by atoms with van der Waals surface area (Å²) in [6.45, 7) is 4.98. The highest BCUT2D eigenvalue weighted by Gasteiger charge is 2.18. The van der Waals surface area contributed by atoms with Gasteiger partial charge in [0, 0.05) is 12.2 Å². The van der Waals surface area contributed by atoms with Gasteiger partial charge in [-0.15, -0.1) is 0 Å². The molecule has 0 amide bonds.